The van der Waals surface area contributed by atoms with E-state index in [1.165, 1.54) is 17.1 Å². The van der Waals surface area contributed by atoms with Crippen LogP contribution < -0.4 is 5.73 Å². The average molecular weight is 579 g/mol. The van der Waals surface area contributed by atoms with Crippen molar-refractivity contribution in [2.75, 3.05) is 12.3 Å². The summed E-state index contributed by atoms with van der Waals surface area (Å²) in [5.74, 6) is -1.48. The third-order valence-electron chi connectivity index (χ3n) is 6.95. The molecule has 1 heterocycles. The fourth-order valence-corrected chi connectivity index (χ4v) is 5.43. The smallest absolute Gasteiger partial charge is 0.338 e. The summed E-state index contributed by atoms with van der Waals surface area (Å²) in [6.45, 7) is -0.599. The van der Waals surface area contributed by atoms with Crippen LogP contribution in [0.5, 0.6) is 0 Å². The standard InChI is InChI=1S/C29H24Cl2N4O5/c30-21-10-7-18(8-11-21)28-23-6-2-4-19(13-17-3-1-5-22(31)14-17)27(23)33-34(28)26(36)16-40-29(37)20-9-12-24(32)25(15-20)35(38)39/h1,3,5,7-15,23,28H,2,4,6,16,32H2. The second kappa shape index (κ2) is 11.5. The predicted molar refractivity (Wildman–Crippen MR) is 153 cm³/mol. The zero-order chi connectivity index (χ0) is 28.4. The number of esters is 1. The number of nitrogens with zero attached hydrogens (tertiary/aromatic N) is 3. The number of hydrogen-bond acceptors (Lipinski definition) is 7. The fraction of sp³-hybridized carbons (Fsp3) is 0.207. The van der Waals surface area contributed by atoms with Crippen LogP contribution in [0, 0.1) is 16.0 Å². The molecule has 1 aliphatic heterocycles. The van der Waals surface area contributed by atoms with Gasteiger partial charge in [-0.3, -0.25) is 14.9 Å². The Morgan fingerprint density at radius 1 is 1.10 bits per heavy atom. The molecule has 0 bridgehead atoms. The van der Waals surface area contributed by atoms with E-state index in [9.17, 15) is 19.7 Å². The number of benzene rings is 3. The van der Waals surface area contributed by atoms with Crippen LogP contribution in [0.3, 0.4) is 0 Å². The van der Waals surface area contributed by atoms with E-state index >= 15 is 0 Å². The van der Waals surface area contributed by atoms with Crippen LogP contribution >= 0.6 is 23.2 Å². The van der Waals surface area contributed by atoms with Gasteiger partial charge >= 0.3 is 5.97 Å². The Balaban J connectivity index is 1.42. The third-order valence-corrected chi connectivity index (χ3v) is 7.43. The topological polar surface area (TPSA) is 128 Å². The first-order valence-corrected chi connectivity index (χ1v) is 13.3. The van der Waals surface area contributed by atoms with Crippen molar-refractivity contribution in [3.05, 3.63) is 109 Å². The highest BCUT2D eigenvalue weighted by atomic mass is 35.5. The number of halogens is 2. The third kappa shape index (κ3) is 5.71. The van der Waals surface area contributed by atoms with Crippen molar-refractivity contribution >= 4 is 58.2 Å². The summed E-state index contributed by atoms with van der Waals surface area (Å²) in [4.78, 5) is 36.6. The molecule has 1 saturated carbocycles. The molecule has 1 amide bonds. The van der Waals surface area contributed by atoms with Gasteiger partial charge < -0.3 is 10.5 Å². The Morgan fingerprint density at radius 2 is 1.88 bits per heavy atom. The van der Waals surface area contributed by atoms with Gasteiger partial charge in [0.05, 0.1) is 22.2 Å². The van der Waals surface area contributed by atoms with Gasteiger partial charge in [-0.2, -0.15) is 5.10 Å². The number of nitro groups is 1. The number of allylic oxidation sites excluding steroid dienone is 1. The van der Waals surface area contributed by atoms with E-state index in [1.807, 2.05) is 36.4 Å². The van der Waals surface area contributed by atoms with Crippen LogP contribution in [0.15, 0.2) is 77.4 Å². The zero-order valence-electron chi connectivity index (χ0n) is 21.1. The number of anilines is 1. The van der Waals surface area contributed by atoms with Gasteiger partial charge in [0.15, 0.2) is 6.61 Å². The zero-order valence-corrected chi connectivity index (χ0v) is 22.6. The number of nitro benzene ring substituents is 1. The summed E-state index contributed by atoms with van der Waals surface area (Å²) >= 11 is 12.3. The van der Waals surface area contributed by atoms with Gasteiger partial charge in [0.2, 0.25) is 0 Å². The lowest BCUT2D eigenvalue weighted by Gasteiger charge is -2.29. The number of hydrogen-bond donors (Lipinski definition) is 1. The summed E-state index contributed by atoms with van der Waals surface area (Å²) in [5.41, 5.74) is 8.63. The molecule has 2 aliphatic rings. The van der Waals surface area contributed by atoms with Gasteiger partial charge in [-0.1, -0.05) is 47.5 Å². The Morgan fingerprint density at radius 3 is 2.60 bits per heavy atom. The highest BCUT2D eigenvalue weighted by molar-refractivity contribution is 6.31. The molecule has 3 aromatic carbocycles. The molecule has 11 heteroatoms. The molecule has 0 saturated heterocycles. The summed E-state index contributed by atoms with van der Waals surface area (Å²) in [6, 6.07) is 17.9. The van der Waals surface area contributed by atoms with Crippen molar-refractivity contribution < 1.29 is 19.2 Å². The normalized spacial score (nSPS) is 19.2. The maximum Gasteiger partial charge on any atom is 0.338 e. The molecule has 0 spiro atoms. The lowest BCUT2D eigenvalue weighted by Crippen LogP contribution is -2.34. The first kappa shape index (κ1) is 27.4. The Bertz CT molecular complexity index is 1550. The van der Waals surface area contributed by atoms with Crippen LogP contribution in [-0.2, 0) is 9.53 Å². The molecular formula is C29H24Cl2N4O5. The lowest BCUT2D eigenvalue weighted by atomic mass is 9.77. The average Bonchev–Trinajstić information content (AvgIpc) is 3.33. The number of nitrogen functional groups attached to an aromatic ring is 1. The minimum atomic E-state index is -0.884. The Hall–Kier alpha value is -4.21. The van der Waals surface area contributed by atoms with Gasteiger partial charge in [0.25, 0.3) is 11.6 Å². The van der Waals surface area contributed by atoms with Crippen LogP contribution in [0.2, 0.25) is 10.0 Å². The highest BCUT2D eigenvalue weighted by Crippen LogP contribution is 2.44. The second-order valence-electron chi connectivity index (χ2n) is 9.55. The van der Waals surface area contributed by atoms with Gasteiger partial charge in [0.1, 0.15) is 5.69 Å². The monoisotopic (exact) mass is 578 g/mol. The lowest BCUT2D eigenvalue weighted by molar-refractivity contribution is -0.383. The molecule has 1 fully saturated rings. The molecule has 2 N–H and O–H groups in total. The molecule has 40 heavy (non-hydrogen) atoms. The Labute approximate surface area is 240 Å². The van der Waals surface area contributed by atoms with E-state index in [0.29, 0.717) is 10.0 Å². The highest BCUT2D eigenvalue weighted by Gasteiger charge is 2.43. The minimum absolute atomic E-state index is 0.0697. The molecule has 1 aliphatic carbocycles. The number of rotatable bonds is 6. The molecule has 0 aromatic heterocycles. The molecule has 2 atom stereocenters. The Kier molecular flexibility index (Phi) is 7.86. The molecule has 2 unspecified atom stereocenters. The first-order chi connectivity index (χ1) is 19.2. The quantitative estimate of drug-likeness (QED) is 0.154. The van der Waals surface area contributed by atoms with Gasteiger partial charge in [-0.05, 0) is 78.4 Å². The fourth-order valence-electron chi connectivity index (χ4n) is 5.10. The van der Waals surface area contributed by atoms with Crippen LogP contribution in [0.4, 0.5) is 11.4 Å². The van der Waals surface area contributed by atoms with E-state index in [4.69, 9.17) is 38.8 Å². The van der Waals surface area contributed by atoms with E-state index < -0.39 is 35.1 Å². The maximum atomic E-state index is 13.5. The van der Waals surface area contributed by atoms with Crippen LogP contribution in [0.1, 0.15) is 46.8 Å². The number of ether oxygens (including phenoxy) is 1. The van der Waals surface area contributed by atoms with Gasteiger partial charge in [-0.15, -0.1) is 0 Å². The predicted octanol–water partition coefficient (Wildman–Crippen LogP) is 6.46. The van der Waals surface area contributed by atoms with Crippen molar-refractivity contribution in [2.24, 2.45) is 11.0 Å². The van der Waals surface area contributed by atoms with Crippen molar-refractivity contribution in [2.45, 2.75) is 25.3 Å². The number of nitrogens with two attached hydrogens (primary N) is 1. The van der Waals surface area contributed by atoms with Crippen molar-refractivity contribution in [3.63, 3.8) is 0 Å². The van der Waals surface area contributed by atoms with E-state index in [2.05, 4.69) is 0 Å². The number of hydrazone groups is 1. The molecule has 9 nitrogen and oxygen atoms in total. The summed E-state index contributed by atoms with van der Waals surface area (Å²) in [5, 5.41) is 18.5. The van der Waals surface area contributed by atoms with Crippen molar-refractivity contribution in [1.29, 1.82) is 0 Å². The molecule has 5 rings (SSSR count). The van der Waals surface area contributed by atoms with Crippen molar-refractivity contribution in [3.8, 4) is 0 Å². The number of fused-ring (bicyclic) bond motifs is 1. The SMILES string of the molecule is Nc1ccc(C(=O)OCC(=O)N2N=C3C(=Cc4cccc(Cl)c4)CCCC3C2c2ccc(Cl)cc2)cc1[N+](=O)[O-]. The summed E-state index contributed by atoms with van der Waals surface area (Å²) < 4.78 is 5.26. The van der Waals surface area contributed by atoms with Gasteiger partial charge in [0, 0.05) is 22.0 Å². The second-order valence-corrected chi connectivity index (χ2v) is 10.4. The summed E-state index contributed by atoms with van der Waals surface area (Å²) in [6.07, 6.45) is 4.56. The van der Waals surface area contributed by atoms with Gasteiger partial charge in [-0.25, -0.2) is 9.80 Å². The maximum absolute atomic E-state index is 13.5. The summed E-state index contributed by atoms with van der Waals surface area (Å²) in [7, 11) is 0. The molecule has 0 radical (unpaired) electrons. The number of carbonyl (C=O) groups is 2. The number of carbonyl (C=O) groups excluding carboxylic acids is 2. The number of amides is 1. The van der Waals surface area contributed by atoms with E-state index in [-0.39, 0.29) is 17.2 Å². The van der Waals surface area contributed by atoms with E-state index in [1.54, 1.807) is 18.2 Å². The molecule has 3 aromatic rings. The van der Waals surface area contributed by atoms with E-state index in [0.717, 1.165) is 47.7 Å². The first-order valence-electron chi connectivity index (χ1n) is 12.5. The largest absolute Gasteiger partial charge is 0.452 e. The molecular weight excluding hydrogens is 555 g/mol. The van der Waals surface area contributed by atoms with Crippen LogP contribution in [-0.4, -0.2) is 34.1 Å². The van der Waals surface area contributed by atoms with Crippen LogP contribution in [0.25, 0.3) is 6.08 Å². The van der Waals surface area contributed by atoms with Crippen molar-refractivity contribution in [1.82, 2.24) is 5.01 Å². The minimum Gasteiger partial charge on any atom is -0.452 e. The molecule has 204 valence electrons.